The third-order valence-corrected chi connectivity index (χ3v) is 17.7. The van der Waals surface area contributed by atoms with Crippen LogP contribution < -0.4 is 10.6 Å². The number of halogens is 1. The van der Waals surface area contributed by atoms with Crippen molar-refractivity contribution in [2.75, 3.05) is 10.6 Å². The highest BCUT2D eigenvalue weighted by atomic mass is 79.9. The van der Waals surface area contributed by atoms with E-state index in [1.165, 1.54) is 87.4 Å². The van der Waals surface area contributed by atoms with E-state index in [1.54, 1.807) is 0 Å². The van der Waals surface area contributed by atoms with Crippen molar-refractivity contribution in [1.82, 2.24) is 15.0 Å². The van der Waals surface area contributed by atoms with E-state index in [0.717, 1.165) is 77.5 Å². The number of benzene rings is 13. The highest BCUT2D eigenvalue weighted by molar-refractivity contribution is 9.10. The Labute approximate surface area is 545 Å². The Hall–Kier alpha value is -11.3. The Morgan fingerprint density at radius 1 is 0.283 bits per heavy atom. The average molecular weight is 1250 g/mol. The van der Waals surface area contributed by atoms with E-state index in [2.05, 4.69) is 307 Å². The van der Waals surface area contributed by atoms with E-state index in [0.29, 0.717) is 0 Å². The fourth-order valence-corrected chi connectivity index (χ4v) is 12.8. The molecule has 0 radical (unpaired) electrons. The van der Waals surface area contributed by atoms with E-state index in [4.69, 9.17) is 15.7 Å². The summed E-state index contributed by atoms with van der Waals surface area (Å²) < 4.78 is 1.06. The molecule has 16 aromatic rings. The van der Waals surface area contributed by atoms with Gasteiger partial charge in [0.15, 0.2) is 0 Å². The van der Waals surface area contributed by atoms with Crippen molar-refractivity contribution in [2.45, 2.75) is 20.8 Å². The number of nitrogens with two attached hydrogens (primary N) is 1. The molecule has 13 aromatic carbocycles. The number of fused-ring (bicyclic) bond motifs is 5. The lowest BCUT2D eigenvalue weighted by Gasteiger charge is -2.28. The van der Waals surface area contributed by atoms with Crippen LogP contribution in [-0.2, 0) is 0 Å². The minimum absolute atomic E-state index is 0.850. The van der Waals surface area contributed by atoms with Crippen molar-refractivity contribution < 1.29 is 0 Å². The van der Waals surface area contributed by atoms with Crippen molar-refractivity contribution >= 4 is 92.5 Å². The van der Waals surface area contributed by atoms with E-state index >= 15 is 0 Å². The Balaban J connectivity index is 0.000000170. The van der Waals surface area contributed by atoms with Gasteiger partial charge in [-0.05, 0) is 199 Å². The van der Waals surface area contributed by atoms with Gasteiger partial charge in [0.25, 0.3) is 0 Å². The molecule has 0 amide bonds. The lowest BCUT2D eigenvalue weighted by molar-refractivity contribution is 1.25. The molecule has 2 N–H and O–H groups in total. The number of aromatic nitrogens is 3. The maximum atomic E-state index is 5.76. The Morgan fingerprint density at radius 2 is 0.630 bits per heavy atom. The van der Waals surface area contributed by atoms with E-state index < -0.39 is 0 Å². The maximum absolute atomic E-state index is 5.76. The van der Waals surface area contributed by atoms with E-state index in [1.807, 2.05) is 61.1 Å². The van der Waals surface area contributed by atoms with Crippen LogP contribution in [0.5, 0.6) is 0 Å². The van der Waals surface area contributed by atoms with Gasteiger partial charge >= 0.3 is 0 Å². The van der Waals surface area contributed by atoms with Crippen molar-refractivity contribution in [3.8, 4) is 67.2 Å². The topological polar surface area (TPSA) is 67.9 Å². The predicted molar refractivity (Wildman–Crippen MR) is 394 cm³/mol. The first-order chi connectivity index (χ1) is 45.1. The fourth-order valence-electron chi connectivity index (χ4n) is 12.4. The molecule has 0 bridgehead atoms. The molecule has 0 saturated carbocycles. The molecule has 0 saturated heterocycles. The highest BCUT2D eigenvalue weighted by Gasteiger charge is 2.19. The second kappa shape index (κ2) is 26.0. The average Bonchev–Trinajstić information content (AvgIpc) is 0.888. The molecule has 0 unspecified atom stereocenters. The first-order valence-corrected chi connectivity index (χ1v) is 31.8. The third kappa shape index (κ3) is 12.4. The van der Waals surface area contributed by atoms with Crippen molar-refractivity contribution in [3.63, 3.8) is 0 Å². The van der Waals surface area contributed by atoms with Gasteiger partial charge in [-0.25, -0.2) is 0 Å². The quantitative estimate of drug-likeness (QED) is 0.146. The lowest BCUT2D eigenvalue weighted by atomic mass is 9.96. The molecule has 0 aliphatic carbocycles. The normalized spacial score (nSPS) is 11.1. The molecule has 3 aromatic heterocycles. The highest BCUT2D eigenvalue weighted by Crippen LogP contribution is 2.43. The minimum atomic E-state index is 0.850. The summed E-state index contributed by atoms with van der Waals surface area (Å²) in [4.78, 5) is 16.9. The Bertz CT molecular complexity index is 5220. The van der Waals surface area contributed by atoms with Gasteiger partial charge in [-0.15, -0.1) is 0 Å². The summed E-state index contributed by atoms with van der Waals surface area (Å²) in [6.07, 6.45) is 5.96. The molecule has 6 heteroatoms. The molecule has 92 heavy (non-hydrogen) atoms. The predicted octanol–water partition coefficient (Wildman–Crippen LogP) is 23.8. The monoisotopic (exact) mass is 1250 g/mol. The molecular formula is C86H64BrN5. The molecule has 16 rings (SSSR count). The molecule has 0 aliphatic heterocycles. The van der Waals surface area contributed by atoms with Gasteiger partial charge in [-0.3, -0.25) is 15.0 Å². The molecule has 0 aliphatic rings. The summed E-state index contributed by atoms with van der Waals surface area (Å²) in [7, 11) is 0. The maximum Gasteiger partial charge on any atom is 0.0709 e. The van der Waals surface area contributed by atoms with Crippen LogP contribution in [0.25, 0.3) is 121 Å². The van der Waals surface area contributed by atoms with Gasteiger partial charge in [0, 0.05) is 67.6 Å². The largest absolute Gasteiger partial charge is 0.398 e. The molecule has 0 fully saturated rings. The Kier molecular flexibility index (Phi) is 16.5. The number of hydrogen-bond donors (Lipinski definition) is 1. The van der Waals surface area contributed by atoms with Gasteiger partial charge in [-0.2, -0.15) is 0 Å². The number of aryl methyl sites for hydroxylation is 3. The van der Waals surface area contributed by atoms with Crippen LogP contribution in [0.2, 0.25) is 0 Å². The van der Waals surface area contributed by atoms with Crippen LogP contribution in [0.4, 0.5) is 22.7 Å². The van der Waals surface area contributed by atoms with Crippen molar-refractivity contribution in [3.05, 3.63) is 343 Å². The van der Waals surface area contributed by atoms with Crippen molar-refractivity contribution in [1.29, 1.82) is 0 Å². The second-order valence-corrected chi connectivity index (χ2v) is 24.3. The molecule has 0 spiro atoms. The van der Waals surface area contributed by atoms with Crippen molar-refractivity contribution in [2.24, 2.45) is 0 Å². The van der Waals surface area contributed by atoms with Gasteiger partial charge in [-0.1, -0.05) is 234 Å². The van der Waals surface area contributed by atoms with Gasteiger partial charge in [0.1, 0.15) is 0 Å². The summed E-state index contributed by atoms with van der Waals surface area (Å²) in [5.41, 5.74) is 26.6. The first kappa shape index (κ1) is 58.4. The van der Waals surface area contributed by atoms with Crippen LogP contribution in [0.3, 0.4) is 0 Å². The van der Waals surface area contributed by atoms with E-state index in [9.17, 15) is 0 Å². The van der Waals surface area contributed by atoms with Crippen LogP contribution in [0.1, 0.15) is 16.7 Å². The molecule has 440 valence electrons. The summed E-state index contributed by atoms with van der Waals surface area (Å²) >= 11 is 3.54. The molecular weight excluding hydrogens is 1180 g/mol. The van der Waals surface area contributed by atoms with Crippen LogP contribution in [-0.4, -0.2) is 15.0 Å². The minimum Gasteiger partial charge on any atom is -0.398 e. The van der Waals surface area contributed by atoms with Gasteiger partial charge in [0.2, 0.25) is 0 Å². The Morgan fingerprint density at radius 3 is 1.07 bits per heavy atom. The first-order valence-electron chi connectivity index (χ1n) is 31.0. The number of nitrogen functional groups attached to an aromatic ring is 1. The van der Waals surface area contributed by atoms with Gasteiger partial charge < -0.3 is 10.6 Å². The summed E-state index contributed by atoms with van der Waals surface area (Å²) in [5.74, 6) is 0. The number of pyridine rings is 3. The van der Waals surface area contributed by atoms with Crippen LogP contribution in [0.15, 0.2) is 326 Å². The number of nitrogens with zero attached hydrogens (tertiary/aromatic N) is 4. The molecule has 3 heterocycles. The summed E-state index contributed by atoms with van der Waals surface area (Å²) in [6, 6.07) is 107. The number of anilines is 4. The lowest BCUT2D eigenvalue weighted by Crippen LogP contribution is -2.11. The van der Waals surface area contributed by atoms with E-state index in [-0.39, 0.29) is 0 Å². The zero-order chi connectivity index (χ0) is 62.5. The smallest absolute Gasteiger partial charge is 0.0709 e. The standard InChI is InChI=1S/C54H39N3.C22H16BrN.C10H9N/c1-36-34-55-52(32-50(36)43-26-24-38-12-3-5-15-41(38)28-43)45-18-9-20-47(30-45)57(54-23-11-17-40-14-7-8-22-49(40)54)48-21-10-19-46(31-48)53-33-51(37(2)35-56-53)44-27-25-39-13-4-6-16-42(39)29-44;1-15-14-24-22(19-7-4-8-20(23)12-19)13-21(15)18-10-9-16-5-2-3-6-17(16)11-18;11-10-7-3-5-8-4-1-2-6-9(8)10/h3-35H,1-2H3;2-14H,1H3;1-7H,11H2. The summed E-state index contributed by atoms with van der Waals surface area (Å²) in [6.45, 7) is 6.39. The molecule has 0 atom stereocenters. The molecule has 5 nitrogen and oxygen atoms in total. The fraction of sp³-hybridized carbons (Fsp3) is 0.0349. The van der Waals surface area contributed by atoms with Crippen LogP contribution in [0, 0.1) is 20.8 Å². The second-order valence-electron chi connectivity index (χ2n) is 23.4. The summed E-state index contributed by atoms with van der Waals surface area (Å²) in [5, 5.41) is 12.2. The number of hydrogen-bond acceptors (Lipinski definition) is 5. The van der Waals surface area contributed by atoms with Crippen LogP contribution >= 0.6 is 15.9 Å². The SMILES string of the molecule is Cc1cnc(-c2cccc(Br)c2)cc1-c1ccc2ccccc2c1.Cc1cnc(-c2cccc(N(c3cccc(-c4cc(-c5ccc6ccccc6c5)c(C)cn4)c3)c3cccc4ccccc34)c2)cc1-c1ccc2ccccc2c1.Nc1cccc2ccccc12. The third-order valence-electron chi connectivity index (χ3n) is 17.2. The number of rotatable bonds is 9. The van der Waals surface area contributed by atoms with Gasteiger partial charge in [0.05, 0.1) is 22.8 Å². The zero-order valence-corrected chi connectivity index (χ0v) is 52.9. The zero-order valence-electron chi connectivity index (χ0n) is 51.3.